The van der Waals surface area contributed by atoms with E-state index in [0.717, 1.165) is 43.5 Å². The van der Waals surface area contributed by atoms with E-state index in [9.17, 15) is 24.0 Å². The number of ketones is 2. The minimum atomic E-state index is -0.460. The second kappa shape index (κ2) is 18.8. The van der Waals surface area contributed by atoms with Gasteiger partial charge in [-0.3, -0.25) is 9.59 Å². The topological polar surface area (TPSA) is 128 Å². The number of thiophene rings is 2. The van der Waals surface area contributed by atoms with Gasteiger partial charge in [-0.05, 0) is 83.7 Å². The Morgan fingerprint density at radius 3 is 1.74 bits per heavy atom. The van der Waals surface area contributed by atoms with Crippen molar-refractivity contribution in [2.75, 3.05) is 40.4 Å². The second-order valence-electron chi connectivity index (χ2n) is 12.2. The maximum absolute atomic E-state index is 11.7. The Kier molecular flexibility index (Phi) is 16.0. The molecule has 4 rings (SSSR count). The molecule has 2 saturated heterocycles. The number of hydrogen-bond acceptors (Lipinski definition) is 11. The van der Waals surface area contributed by atoms with Crippen molar-refractivity contribution in [3.63, 3.8) is 0 Å². The number of amides is 1. The summed E-state index contributed by atoms with van der Waals surface area (Å²) in [5.41, 5.74) is 5.52. The van der Waals surface area contributed by atoms with Gasteiger partial charge in [-0.15, -0.1) is 22.7 Å². The van der Waals surface area contributed by atoms with Crippen LogP contribution in [0.5, 0.6) is 0 Å². The molecule has 0 spiro atoms. The lowest BCUT2D eigenvalue weighted by molar-refractivity contribution is -0.121. The van der Waals surface area contributed by atoms with Crippen LogP contribution in [0.2, 0.25) is 0 Å². The van der Waals surface area contributed by atoms with Crippen LogP contribution < -0.4 is 5.32 Å². The largest absolute Gasteiger partial charge is 0.465 e. The highest BCUT2D eigenvalue weighted by Gasteiger charge is 2.25. The number of carbonyl (C=O) groups excluding carboxylic acids is 5. The van der Waals surface area contributed by atoms with Crippen LogP contribution in [0.3, 0.4) is 0 Å². The third-order valence-electron chi connectivity index (χ3n) is 7.70. The predicted molar refractivity (Wildman–Crippen MR) is 187 cm³/mol. The van der Waals surface area contributed by atoms with E-state index in [4.69, 9.17) is 9.47 Å². The molecule has 2 aromatic heterocycles. The van der Waals surface area contributed by atoms with Gasteiger partial charge >= 0.3 is 18.0 Å². The third kappa shape index (κ3) is 11.7. The molecule has 2 fully saturated rings. The molecule has 0 aliphatic carbocycles. The maximum Gasteiger partial charge on any atom is 0.410 e. The lowest BCUT2D eigenvalue weighted by atomic mass is 9.94. The number of likely N-dealkylation sites (tertiary alicyclic amines) is 1. The number of nitrogens with zero attached hydrogens (tertiary/aromatic N) is 1. The van der Waals surface area contributed by atoms with Crippen LogP contribution in [-0.4, -0.2) is 80.5 Å². The zero-order valence-corrected chi connectivity index (χ0v) is 30.9. The number of ether oxygens (including phenoxy) is 3. The quantitative estimate of drug-likeness (QED) is 0.187. The highest BCUT2D eigenvalue weighted by Crippen LogP contribution is 2.35. The van der Waals surface area contributed by atoms with Crippen molar-refractivity contribution in [3.05, 3.63) is 48.3 Å². The fourth-order valence-electron chi connectivity index (χ4n) is 5.06. The van der Waals surface area contributed by atoms with Crippen molar-refractivity contribution in [1.29, 1.82) is 0 Å². The fourth-order valence-corrected chi connectivity index (χ4v) is 7.35. The zero-order valence-electron chi connectivity index (χ0n) is 29.3. The highest BCUT2D eigenvalue weighted by atomic mass is 32.1. The van der Waals surface area contributed by atoms with Crippen LogP contribution in [0, 0.1) is 13.8 Å². The molecular weight excluding hydrogens is 641 g/mol. The Morgan fingerprint density at radius 2 is 1.30 bits per heavy atom. The molecule has 2 aromatic rings. The minimum Gasteiger partial charge on any atom is -0.465 e. The maximum atomic E-state index is 11.7. The first kappa shape index (κ1) is 39.8. The van der Waals surface area contributed by atoms with Gasteiger partial charge in [-0.25, -0.2) is 14.4 Å². The van der Waals surface area contributed by atoms with Crippen molar-refractivity contribution < 1.29 is 38.2 Å². The van der Waals surface area contributed by atoms with Crippen molar-refractivity contribution in [3.8, 4) is 0 Å². The molecular formula is C35H50N2O8S2. The Morgan fingerprint density at radius 1 is 0.809 bits per heavy atom. The first-order valence-electron chi connectivity index (χ1n) is 16.0. The monoisotopic (exact) mass is 690 g/mol. The van der Waals surface area contributed by atoms with Crippen molar-refractivity contribution >= 4 is 57.8 Å². The first-order valence-corrected chi connectivity index (χ1v) is 17.7. The number of nitrogens with one attached hydrogen (secondary N) is 1. The van der Waals surface area contributed by atoms with Gasteiger partial charge in [-0.1, -0.05) is 19.4 Å². The zero-order chi connectivity index (χ0) is 35.3. The van der Waals surface area contributed by atoms with Crippen molar-refractivity contribution in [2.24, 2.45) is 0 Å². The summed E-state index contributed by atoms with van der Waals surface area (Å²) < 4.78 is 14.6. The van der Waals surface area contributed by atoms with E-state index >= 15 is 0 Å². The fraction of sp³-hybridized carbons (Fsp3) is 0.571. The summed E-state index contributed by atoms with van der Waals surface area (Å²) in [4.78, 5) is 60.3. The molecule has 0 atom stereocenters. The van der Waals surface area contributed by atoms with Gasteiger partial charge in [0, 0.05) is 48.0 Å². The van der Waals surface area contributed by atoms with Crippen LogP contribution in [0.15, 0.2) is 16.3 Å². The Balaban J connectivity index is 0.000000250. The predicted octanol–water partition coefficient (Wildman–Crippen LogP) is 7.41. The Labute approximate surface area is 286 Å². The molecule has 260 valence electrons. The van der Waals surface area contributed by atoms with E-state index in [1.165, 1.54) is 36.0 Å². The summed E-state index contributed by atoms with van der Waals surface area (Å²) in [7, 11) is 2.77. The number of piperidine rings is 2. The average molecular weight is 691 g/mol. The van der Waals surface area contributed by atoms with E-state index in [1.807, 2.05) is 33.1 Å². The van der Waals surface area contributed by atoms with Crippen molar-refractivity contribution in [2.45, 2.75) is 92.6 Å². The molecule has 12 heteroatoms. The molecule has 2 aliphatic rings. The number of methoxy groups -OCH3 is 2. The molecule has 4 heterocycles. The number of esters is 2. The van der Waals surface area contributed by atoms with Gasteiger partial charge in [0.2, 0.25) is 0 Å². The van der Waals surface area contributed by atoms with Gasteiger partial charge in [0.05, 0.1) is 30.2 Å². The number of Topliss-reactive ketones (excluding diaryl/α,β-unsaturated/α-hetero) is 2. The van der Waals surface area contributed by atoms with Gasteiger partial charge in [-0.2, -0.15) is 0 Å². The van der Waals surface area contributed by atoms with Crippen LogP contribution >= 0.6 is 22.7 Å². The van der Waals surface area contributed by atoms with Gasteiger partial charge in [0.1, 0.15) is 11.4 Å². The van der Waals surface area contributed by atoms with Crippen LogP contribution in [0.4, 0.5) is 4.79 Å². The molecule has 0 aromatic carbocycles. The molecule has 1 N–H and O–H groups in total. The van der Waals surface area contributed by atoms with E-state index in [2.05, 4.69) is 17.0 Å². The molecule has 0 radical (unpaired) electrons. The highest BCUT2D eigenvalue weighted by molar-refractivity contribution is 7.12. The van der Waals surface area contributed by atoms with Crippen molar-refractivity contribution in [1.82, 2.24) is 10.2 Å². The van der Waals surface area contributed by atoms with Gasteiger partial charge in [0.25, 0.3) is 0 Å². The smallest absolute Gasteiger partial charge is 0.410 e. The molecule has 2 aliphatic heterocycles. The van der Waals surface area contributed by atoms with Gasteiger partial charge in [0.15, 0.2) is 5.78 Å². The Hall–Kier alpha value is -3.35. The molecule has 0 saturated carbocycles. The molecule has 10 nitrogen and oxygen atoms in total. The lowest BCUT2D eigenvalue weighted by Gasteiger charge is -2.29. The van der Waals surface area contributed by atoms with Crippen LogP contribution in [-0.2, 0) is 19.0 Å². The number of allylic oxidation sites excluding steroid dienone is 1. The first-order chi connectivity index (χ1) is 22.2. The van der Waals surface area contributed by atoms with Gasteiger partial charge < -0.3 is 24.4 Å². The third-order valence-corrected chi connectivity index (χ3v) is 9.96. The van der Waals surface area contributed by atoms with Crippen LogP contribution in [0.25, 0.3) is 5.57 Å². The van der Waals surface area contributed by atoms with Crippen LogP contribution in [0.1, 0.15) is 120 Å². The molecule has 47 heavy (non-hydrogen) atoms. The molecule has 0 unspecified atom stereocenters. The molecule has 0 bridgehead atoms. The number of carbonyl (C=O) groups is 5. The summed E-state index contributed by atoms with van der Waals surface area (Å²) in [6.07, 6.45) is 4.32. The van der Waals surface area contributed by atoms with E-state index < -0.39 is 5.60 Å². The summed E-state index contributed by atoms with van der Waals surface area (Å²) in [6.45, 7) is 16.4. The Bertz CT molecular complexity index is 1400. The average Bonchev–Trinajstić information content (AvgIpc) is 3.63. The summed E-state index contributed by atoms with van der Waals surface area (Å²) in [6, 6.07) is 0. The number of rotatable bonds is 6. The summed E-state index contributed by atoms with van der Waals surface area (Å²) in [5, 5.41) is 6.98. The van der Waals surface area contributed by atoms with E-state index in [0.29, 0.717) is 48.4 Å². The normalized spacial score (nSPS) is 14.6. The van der Waals surface area contributed by atoms with E-state index in [-0.39, 0.29) is 29.6 Å². The lowest BCUT2D eigenvalue weighted by Crippen LogP contribution is -2.41. The SMILES string of the molecule is CC(C)(C)OC(=O)N1CCC(=O)CC1.CCC(=C1CCNCC1)c1scc(C(=O)OC)c1C.CCC(=O)c1scc(C(=O)OC)c1C. The standard InChI is InChI=1S/C15H21NO2S.C10H17NO3.C10H12O3S/c1-4-12(11-5-7-16-8-6-11)14-10(2)13(9-19-14)15(17)18-3;1-10(2,3)14-9(13)11-6-4-8(12)5-7-11;1-4-8(11)9-6(2)7(5-14-9)10(12)13-3/h9,16H,4-8H2,1-3H3;4-7H2,1-3H3;5H,4H2,1-3H3. The van der Waals surface area contributed by atoms with E-state index in [1.54, 1.807) is 41.0 Å². The molecule has 1 amide bonds. The number of hydrogen-bond donors (Lipinski definition) is 1. The minimum absolute atomic E-state index is 0.0719. The summed E-state index contributed by atoms with van der Waals surface area (Å²) in [5.74, 6) is -0.313. The summed E-state index contributed by atoms with van der Waals surface area (Å²) >= 11 is 2.97. The second-order valence-corrected chi connectivity index (χ2v) is 13.9.